The van der Waals surface area contributed by atoms with Gasteiger partial charge in [-0.1, -0.05) is 77.0 Å². The molecule has 0 amide bonds. The van der Waals surface area contributed by atoms with Crippen molar-refractivity contribution in [2.24, 2.45) is 0 Å². The van der Waals surface area contributed by atoms with E-state index in [0.29, 0.717) is 13.1 Å². The van der Waals surface area contributed by atoms with Crippen molar-refractivity contribution >= 4 is 18.1 Å². The summed E-state index contributed by atoms with van der Waals surface area (Å²) in [4.78, 5) is 9.93. The highest BCUT2D eigenvalue weighted by Gasteiger charge is 1.94. The van der Waals surface area contributed by atoms with Gasteiger partial charge in [-0.15, -0.1) is 11.6 Å². The lowest BCUT2D eigenvalue weighted by Gasteiger charge is -2.03. The molecule has 0 aromatic heterocycles. The van der Waals surface area contributed by atoms with E-state index in [-0.39, 0.29) is 0 Å². The molecule has 3 heteroatoms. The number of unbranched alkanes of at least 4 members (excludes halogenated alkanes) is 13. The Morgan fingerprint density at radius 1 is 0.600 bits per heavy atom. The van der Waals surface area contributed by atoms with E-state index >= 15 is 0 Å². The molecule has 0 saturated carbocycles. The van der Waals surface area contributed by atoms with E-state index in [9.17, 15) is 4.79 Å². The monoisotopic (exact) mass is 304 g/mol. The third-order valence-electron chi connectivity index (χ3n) is 3.71. The predicted molar refractivity (Wildman–Crippen MR) is 87.4 cm³/mol. The smallest absolute Gasteiger partial charge is 0.293 e. The summed E-state index contributed by atoms with van der Waals surface area (Å²) >= 11 is 5.65. The Morgan fingerprint density at radius 3 is 1.30 bits per heavy atom. The summed E-state index contributed by atoms with van der Waals surface area (Å²) in [5.41, 5.74) is 0. The summed E-state index contributed by atoms with van der Waals surface area (Å²) in [7, 11) is 0. The lowest BCUT2D eigenvalue weighted by Crippen LogP contribution is -1.91. The molecule has 0 spiro atoms. The number of alkyl halides is 1. The molecule has 0 heterocycles. The molecule has 0 saturated heterocycles. The van der Waals surface area contributed by atoms with E-state index < -0.39 is 0 Å². The fourth-order valence-electron chi connectivity index (χ4n) is 2.45. The molecule has 2 nitrogen and oxygen atoms in total. The molecule has 0 aliphatic rings. The first-order valence-electron chi connectivity index (χ1n) is 8.53. The Labute approximate surface area is 130 Å². The lowest BCUT2D eigenvalue weighted by atomic mass is 10.0. The van der Waals surface area contributed by atoms with Gasteiger partial charge in [0.2, 0.25) is 0 Å². The van der Waals surface area contributed by atoms with Gasteiger partial charge >= 0.3 is 0 Å². The average molecular weight is 305 g/mol. The van der Waals surface area contributed by atoms with E-state index in [1.54, 1.807) is 0 Å². The third kappa shape index (κ3) is 17.8. The molecule has 0 radical (unpaired) electrons. The molecule has 0 aromatic rings. The van der Waals surface area contributed by atoms with Gasteiger partial charge in [-0.05, 0) is 12.8 Å². The molecule has 0 fully saturated rings. The number of hydrogen-bond donors (Lipinski definition) is 0. The normalized spacial score (nSPS) is 10.7. The maximum atomic E-state index is 9.93. The van der Waals surface area contributed by atoms with E-state index in [0.717, 1.165) is 12.3 Å². The molecule has 120 valence electrons. The zero-order valence-electron chi connectivity index (χ0n) is 13.1. The van der Waals surface area contributed by atoms with Crippen molar-refractivity contribution in [3.8, 4) is 0 Å². The van der Waals surface area contributed by atoms with Crippen LogP contribution in [0.5, 0.6) is 0 Å². The first-order chi connectivity index (χ1) is 9.91. The Kier molecular flexibility index (Phi) is 18.5. The van der Waals surface area contributed by atoms with Crippen molar-refractivity contribution in [3.63, 3.8) is 0 Å². The van der Waals surface area contributed by atoms with Crippen LogP contribution in [0, 0.1) is 0 Å². The zero-order chi connectivity index (χ0) is 14.7. The predicted octanol–water partition coefficient (Wildman–Crippen LogP) is 5.86. The number of ether oxygens (including phenoxy) is 1. The molecule has 20 heavy (non-hydrogen) atoms. The number of hydrogen-bond acceptors (Lipinski definition) is 2. The van der Waals surface area contributed by atoms with Gasteiger partial charge in [-0.3, -0.25) is 4.79 Å². The second kappa shape index (κ2) is 18.8. The van der Waals surface area contributed by atoms with Crippen LogP contribution in [0.4, 0.5) is 0 Å². The number of rotatable bonds is 17. The molecule has 0 aliphatic carbocycles. The van der Waals surface area contributed by atoms with Crippen LogP contribution in [-0.2, 0) is 9.53 Å². The second-order valence-electron chi connectivity index (χ2n) is 5.61. The first-order valence-corrected chi connectivity index (χ1v) is 9.06. The van der Waals surface area contributed by atoms with Gasteiger partial charge in [0, 0.05) is 5.88 Å². The van der Waals surface area contributed by atoms with Crippen LogP contribution in [0.25, 0.3) is 0 Å². The minimum atomic E-state index is 0.540. The minimum Gasteiger partial charge on any atom is -0.468 e. The van der Waals surface area contributed by atoms with Crippen LogP contribution in [0.15, 0.2) is 0 Å². The maximum absolute atomic E-state index is 9.93. The Balaban J connectivity index is 2.90. The Hall–Kier alpha value is -0.240. The van der Waals surface area contributed by atoms with Crippen molar-refractivity contribution in [3.05, 3.63) is 0 Å². The molecular weight excluding hydrogens is 272 g/mol. The summed E-state index contributed by atoms with van der Waals surface area (Å²) in [5.74, 6) is 0.824. The number of carbonyl (C=O) groups is 1. The third-order valence-corrected chi connectivity index (χ3v) is 3.98. The van der Waals surface area contributed by atoms with Crippen LogP contribution in [0.1, 0.15) is 89.9 Å². The molecule has 0 aromatic carbocycles. The van der Waals surface area contributed by atoms with Crippen LogP contribution < -0.4 is 0 Å². The number of carbonyl (C=O) groups excluding carboxylic acids is 1. The molecule has 0 N–H and O–H groups in total. The highest BCUT2D eigenvalue weighted by atomic mass is 35.5. The van der Waals surface area contributed by atoms with Gasteiger partial charge in [0.1, 0.15) is 0 Å². The van der Waals surface area contributed by atoms with E-state index in [2.05, 4.69) is 4.74 Å². The summed E-state index contributed by atoms with van der Waals surface area (Å²) in [6, 6.07) is 0. The quantitative estimate of drug-likeness (QED) is 0.191. The van der Waals surface area contributed by atoms with Crippen molar-refractivity contribution in [2.45, 2.75) is 89.9 Å². The molecular formula is C17H33ClO2. The van der Waals surface area contributed by atoms with Crippen molar-refractivity contribution in [2.75, 3.05) is 12.5 Å². The van der Waals surface area contributed by atoms with Crippen molar-refractivity contribution < 1.29 is 9.53 Å². The topological polar surface area (TPSA) is 26.3 Å². The van der Waals surface area contributed by atoms with Gasteiger partial charge < -0.3 is 4.74 Å². The maximum Gasteiger partial charge on any atom is 0.293 e. The van der Waals surface area contributed by atoms with Gasteiger partial charge in [0.25, 0.3) is 6.47 Å². The first kappa shape index (κ1) is 19.8. The molecule has 0 bridgehead atoms. The van der Waals surface area contributed by atoms with Crippen LogP contribution >= 0.6 is 11.6 Å². The highest BCUT2D eigenvalue weighted by Crippen LogP contribution is 2.13. The van der Waals surface area contributed by atoms with Gasteiger partial charge in [0.05, 0.1) is 6.61 Å². The van der Waals surface area contributed by atoms with E-state index in [4.69, 9.17) is 11.6 Å². The minimum absolute atomic E-state index is 0.540. The van der Waals surface area contributed by atoms with Crippen molar-refractivity contribution in [1.29, 1.82) is 0 Å². The Bertz CT molecular complexity index is 186. The zero-order valence-corrected chi connectivity index (χ0v) is 13.8. The molecule has 0 rings (SSSR count). The number of halogens is 1. The average Bonchev–Trinajstić information content (AvgIpc) is 2.47. The lowest BCUT2D eigenvalue weighted by molar-refractivity contribution is -0.128. The summed E-state index contributed by atoms with van der Waals surface area (Å²) in [6.07, 6.45) is 18.4. The van der Waals surface area contributed by atoms with Crippen molar-refractivity contribution in [1.82, 2.24) is 0 Å². The van der Waals surface area contributed by atoms with Gasteiger partial charge in [-0.2, -0.15) is 0 Å². The van der Waals surface area contributed by atoms with Crippen LogP contribution in [0.2, 0.25) is 0 Å². The highest BCUT2D eigenvalue weighted by molar-refractivity contribution is 6.17. The van der Waals surface area contributed by atoms with Gasteiger partial charge in [0.15, 0.2) is 0 Å². The molecule has 0 unspecified atom stereocenters. The van der Waals surface area contributed by atoms with Gasteiger partial charge in [-0.25, -0.2) is 0 Å². The largest absolute Gasteiger partial charge is 0.468 e. The second-order valence-corrected chi connectivity index (χ2v) is 5.98. The molecule has 0 aliphatic heterocycles. The fraction of sp³-hybridized carbons (Fsp3) is 0.941. The van der Waals surface area contributed by atoms with E-state index in [1.807, 2.05) is 0 Å². The Morgan fingerprint density at radius 2 is 0.950 bits per heavy atom. The van der Waals surface area contributed by atoms with E-state index in [1.165, 1.54) is 83.5 Å². The standard InChI is InChI=1S/C17H33ClO2/c18-15-13-11-9-7-5-3-1-2-4-6-8-10-12-14-16-20-17-19/h17H,1-16H2. The molecule has 0 atom stereocenters. The summed E-state index contributed by atoms with van der Waals surface area (Å²) in [5, 5.41) is 0. The summed E-state index contributed by atoms with van der Waals surface area (Å²) < 4.78 is 4.66. The summed E-state index contributed by atoms with van der Waals surface area (Å²) in [6.45, 7) is 1.13. The SMILES string of the molecule is O=COCCCCCCCCCCCCCCCCCl. The van der Waals surface area contributed by atoms with Crippen LogP contribution in [0.3, 0.4) is 0 Å². The van der Waals surface area contributed by atoms with Crippen LogP contribution in [-0.4, -0.2) is 19.0 Å². The fourth-order valence-corrected chi connectivity index (χ4v) is 2.64.